The summed E-state index contributed by atoms with van der Waals surface area (Å²) in [7, 11) is 0. The van der Waals surface area contributed by atoms with Crippen molar-refractivity contribution in [2.24, 2.45) is 5.92 Å². The Morgan fingerprint density at radius 3 is 2.68 bits per heavy atom. The van der Waals surface area contributed by atoms with E-state index in [-0.39, 0.29) is 30.0 Å². The van der Waals surface area contributed by atoms with Gasteiger partial charge in [-0.15, -0.1) is 0 Å². The Morgan fingerprint density at radius 1 is 1.40 bits per heavy atom. The summed E-state index contributed by atoms with van der Waals surface area (Å²) in [4.78, 5) is 14.8. The SMILES string of the molecule is CC1(C)CO[C@H](c2ccccc2)CN1CC(=O)N[C@](C)(C#N)C1CC1. The molecule has 1 saturated carbocycles. The normalized spacial score (nSPS) is 25.6. The van der Waals surface area contributed by atoms with Gasteiger partial charge in [0.05, 0.1) is 25.3 Å². The van der Waals surface area contributed by atoms with Crippen LogP contribution < -0.4 is 5.32 Å². The van der Waals surface area contributed by atoms with Crippen LogP contribution >= 0.6 is 0 Å². The number of nitriles is 1. The Labute approximate surface area is 150 Å². The van der Waals surface area contributed by atoms with Crippen molar-refractivity contribution in [1.29, 1.82) is 5.26 Å². The molecule has 1 aromatic rings. The molecule has 5 heteroatoms. The molecule has 2 atom stereocenters. The number of nitrogens with zero attached hydrogens (tertiary/aromatic N) is 2. The molecule has 134 valence electrons. The highest BCUT2D eigenvalue weighted by Crippen LogP contribution is 2.39. The number of carbonyl (C=O) groups is 1. The minimum absolute atomic E-state index is 0.0344. The average Bonchev–Trinajstić information content (AvgIpc) is 3.43. The molecule has 0 radical (unpaired) electrons. The van der Waals surface area contributed by atoms with E-state index in [0.717, 1.165) is 18.4 Å². The van der Waals surface area contributed by atoms with Crippen LogP contribution in [0, 0.1) is 17.2 Å². The lowest BCUT2D eigenvalue weighted by Gasteiger charge is -2.45. The van der Waals surface area contributed by atoms with Gasteiger partial charge in [0.1, 0.15) is 5.54 Å². The van der Waals surface area contributed by atoms with E-state index in [9.17, 15) is 10.1 Å². The van der Waals surface area contributed by atoms with E-state index in [1.54, 1.807) is 0 Å². The first kappa shape index (κ1) is 17.9. The highest BCUT2D eigenvalue weighted by Gasteiger charge is 2.44. The predicted molar refractivity (Wildman–Crippen MR) is 95.7 cm³/mol. The first-order valence-corrected chi connectivity index (χ1v) is 8.98. The molecule has 5 nitrogen and oxygen atoms in total. The Balaban J connectivity index is 1.66. The van der Waals surface area contributed by atoms with Crippen molar-refractivity contribution in [2.75, 3.05) is 19.7 Å². The second kappa shape index (κ2) is 6.78. The van der Waals surface area contributed by atoms with Crippen molar-refractivity contribution in [3.63, 3.8) is 0 Å². The summed E-state index contributed by atoms with van der Waals surface area (Å²) in [5, 5.41) is 12.4. The molecule has 1 aliphatic carbocycles. The molecule has 1 saturated heterocycles. The number of nitrogens with one attached hydrogen (secondary N) is 1. The second-order valence-electron chi connectivity index (χ2n) is 8.04. The van der Waals surface area contributed by atoms with Gasteiger partial charge < -0.3 is 10.1 Å². The van der Waals surface area contributed by atoms with E-state index in [0.29, 0.717) is 13.2 Å². The van der Waals surface area contributed by atoms with Crippen LogP contribution in [0.2, 0.25) is 0 Å². The number of carbonyl (C=O) groups excluding carboxylic acids is 1. The van der Waals surface area contributed by atoms with Gasteiger partial charge in [-0.2, -0.15) is 5.26 Å². The molecular weight excluding hydrogens is 314 g/mol. The molecule has 1 aromatic carbocycles. The maximum absolute atomic E-state index is 12.6. The van der Waals surface area contributed by atoms with Crippen molar-refractivity contribution in [1.82, 2.24) is 10.2 Å². The number of amides is 1. The maximum Gasteiger partial charge on any atom is 0.235 e. The van der Waals surface area contributed by atoms with Crippen molar-refractivity contribution in [3.8, 4) is 6.07 Å². The van der Waals surface area contributed by atoms with Gasteiger partial charge in [0, 0.05) is 12.1 Å². The molecule has 0 spiro atoms. The molecule has 0 bridgehead atoms. The largest absolute Gasteiger partial charge is 0.370 e. The lowest BCUT2D eigenvalue weighted by atomic mass is 9.96. The summed E-state index contributed by atoms with van der Waals surface area (Å²) in [5.41, 5.74) is 0.167. The molecule has 2 fully saturated rings. The fourth-order valence-electron chi connectivity index (χ4n) is 3.43. The van der Waals surface area contributed by atoms with E-state index in [2.05, 4.69) is 42.3 Å². The van der Waals surface area contributed by atoms with E-state index in [1.807, 2.05) is 25.1 Å². The predicted octanol–water partition coefficient (Wildman–Crippen LogP) is 2.65. The molecule has 0 unspecified atom stereocenters. The highest BCUT2D eigenvalue weighted by atomic mass is 16.5. The number of benzene rings is 1. The summed E-state index contributed by atoms with van der Waals surface area (Å²) in [6.45, 7) is 7.52. The second-order valence-corrected chi connectivity index (χ2v) is 8.04. The molecule has 1 heterocycles. The Morgan fingerprint density at radius 2 is 2.08 bits per heavy atom. The lowest BCUT2D eigenvalue weighted by molar-refractivity contribution is -0.134. The molecule has 3 rings (SSSR count). The van der Waals surface area contributed by atoms with Crippen molar-refractivity contribution < 1.29 is 9.53 Å². The van der Waals surface area contributed by atoms with Crippen LogP contribution in [-0.2, 0) is 9.53 Å². The van der Waals surface area contributed by atoms with Gasteiger partial charge >= 0.3 is 0 Å². The molecule has 1 N–H and O–H groups in total. The minimum Gasteiger partial charge on any atom is -0.370 e. The molecular formula is C20H27N3O2. The average molecular weight is 341 g/mol. The van der Waals surface area contributed by atoms with E-state index < -0.39 is 5.54 Å². The third kappa shape index (κ3) is 4.02. The zero-order chi connectivity index (χ0) is 18.1. The summed E-state index contributed by atoms with van der Waals surface area (Å²) < 4.78 is 6.04. The van der Waals surface area contributed by atoms with Crippen LogP contribution in [0.4, 0.5) is 0 Å². The molecule has 25 heavy (non-hydrogen) atoms. The van der Waals surface area contributed by atoms with Gasteiger partial charge in [0.25, 0.3) is 0 Å². The van der Waals surface area contributed by atoms with E-state index in [4.69, 9.17) is 4.74 Å². The Kier molecular flexibility index (Phi) is 4.86. The molecule has 1 aliphatic heterocycles. The van der Waals surface area contributed by atoms with E-state index >= 15 is 0 Å². The number of rotatable bonds is 5. The topological polar surface area (TPSA) is 65.4 Å². The monoisotopic (exact) mass is 341 g/mol. The fourth-order valence-corrected chi connectivity index (χ4v) is 3.43. The number of hydrogen-bond acceptors (Lipinski definition) is 4. The van der Waals surface area contributed by atoms with Crippen molar-refractivity contribution in [2.45, 2.75) is 50.8 Å². The van der Waals surface area contributed by atoms with Gasteiger partial charge in [0.2, 0.25) is 5.91 Å². The quantitative estimate of drug-likeness (QED) is 0.894. The fraction of sp³-hybridized carbons (Fsp3) is 0.600. The van der Waals surface area contributed by atoms with Crippen LogP contribution in [0.5, 0.6) is 0 Å². The third-order valence-corrected chi connectivity index (χ3v) is 5.41. The Bertz CT molecular complexity index is 663. The molecule has 0 aromatic heterocycles. The van der Waals surface area contributed by atoms with Crippen molar-refractivity contribution in [3.05, 3.63) is 35.9 Å². The Hall–Kier alpha value is -1.90. The highest BCUT2D eigenvalue weighted by molar-refractivity contribution is 5.79. The van der Waals surface area contributed by atoms with E-state index in [1.165, 1.54) is 0 Å². The van der Waals surface area contributed by atoms with Gasteiger partial charge in [0.15, 0.2) is 0 Å². The van der Waals surface area contributed by atoms with Gasteiger partial charge in [-0.1, -0.05) is 30.3 Å². The molecule has 2 aliphatic rings. The zero-order valence-corrected chi connectivity index (χ0v) is 15.3. The number of ether oxygens (including phenoxy) is 1. The van der Waals surface area contributed by atoms with Crippen LogP contribution in [0.1, 0.15) is 45.3 Å². The van der Waals surface area contributed by atoms with Gasteiger partial charge in [-0.25, -0.2) is 0 Å². The van der Waals surface area contributed by atoms with Gasteiger partial charge in [-0.05, 0) is 45.1 Å². The standard InChI is InChI=1S/C20H27N3O2/c1-19(2)14-25-17(15-7-5-4-6-8-15)11-23(19)12-18(24)22-20(3,13-21)16-9-10-16/h4-8,16-17H,9-12,14H2,1-3H3,(H,22,24)/t17-,20+/m0/s1. The van der Waals surface area contributed by atoms with Crippen LogP contribution in [0.25, 0.3) is 0 Å². The zero-order valence-electron chi connectivity index (χ0n) is 15.3. The van der Waals surface area contributed by atoms with Crippen molar-refractivity contribution >= 4 is 5.91 Å². The maximum atomic E-state index is 12.6. The summed E-state index contributed by atoms with van der Waals surface area (Å²) in [6, 6.07) is 12.4. The first-order valence-electron chi connectivity index (χ1n) is 8.98. The molecule has 1 amide bonds. The number of hydrogen-bond donors (Lipinski definition) is 1. The smallest absolute Gasteiger partial charge is 0.235 e. The first-order chi connectivity index (χ1) is 11.8. The summed E-state index contributed by atoms with van der Waals surface area (Å²) in [6.07, 6.45) is 2.00. The number of morpholine rings is 1. The van der Waals surface area contributed by atoms with Crippen LogP contribution in [0.3, 0.4) is 0 Å². The third-order valence-electron chi connectivity index (χ3n) is 5.41. The minimum atomic E-state index is -0.744. The van der Waals surface area contributed by atoms with Crippen LogP contribution in [-0.4, -0.2) is 41.6 Å². The summed E-state index contributed by atoms with van der Waals surface area (Å²) >= 11 is 0. The van der Waals surface area contributed by atoms with Crippen LogP contribution in [0.15, 0.2) is 30.3 Å². The summed E-state index contributed by atoms with van der Waals surface area (Å²) in [5.74, 6) is 0.203. The lowest BCUT2D eigenvalue weighted by Crippen LogP contribution is -2.58. The van der Waals surface area contributed by atoms with Gasteiger partial charge in [-0.3, -0.25) is 9.69 Å².